The molecule has 0 unspecified atom stereocenters. The lowest BCUT2D eigenvalue weighted by Crippen LogP contribution is -2.30. The monoisotopic (exact) mass is 497 g/mol. The van der Waals surface area contributed by atoms with Gasteiger partial charge in [-0.2, -0.15) is 0 Å². The van der Waals surface area contributed by atoms with Crippen molar-refractivity contribution in [3.05, 3.63) is 69.7 Å². The van der Waals surface area contributed by atoms with E-state index in [1.807, 2.05) is 43.5 Å². The van der Waals surface area contributed by atoms with Gasteiger partial charge in [0.25, 0.3) is 5.91 Å². The molecule has 0 aliphatic rings. The lowest BCUT2D eigenvalue weighted by molar-refractivity contribution is 0.0767. The maximum Gasteiger partial charge on any atom is 0.273 e. The van der Waals surface area contributed by atoms with E-state index in [1.165, 1.54) is 22.5 Å². The van der Waals surface area contributed by atoms with Crippen molar-refractivity contribution >= 4 is 17.2 Å². The molecule has 35 heavy (non-hydrogen) atoms. The lowest BCUT2D eigenvalue weighted by Gasteiger charge is -2.22. The Labute approximate surface area is 212 Å². The van der Waals surface area contributed by atoms with Gasteiger partial charge in [-0.05, 0) is 55.7 Å². The molecule has 0 N–H and O–H groups in total. The van der Waals surface area contributed by atoms with E-state index in [0.717, 1.165) is 41.8 Å². The second-order valence-electron chi connectivity index (χ2n) is 8.10. The number of methoxy groups -OCH3 is 3. The molecule has 1 amide bonds. The molecule has 7 nitrogen and oxygen atoms in total. The number of thiazole rings is 1. The van der Waals surface area contributed by atoms with Crippen LogP contribution in [0.3, 0.4) is 0 Å². The fourth-order valence-corrected chi connectivity index (χ4v) is 4.68. The summed E-state index contributed by atoms with van der Waals surface area (Å²) in [5.74, 6) is 2.28. The number of rotatable bonds is 13. The second-order valence-corrected chi connectivity index (χ2v) is 9.04. The Bertz CT molecular complexity index is 1080. The van der Waals surface area contributed by atoms with Gasteiger partial charge in [0.1, 0.15) is 16.5 Å². The zero-order valence-electron chi connectivity index (χ0n) is 21.2. The Balaban J connectivity index is 1.75. The van der Waals surface area contributed by atoms with Crippen molar-refractivity contribution in [3.63, 3.8) is 0 Å². The topological polar surface area (TPSA) is 64.1 Å². The Morgan fingerprint density at radius 1 is 0.886 bits per heavy atom. The van der Waals surface area contributed by atoms with Gasteiger partial charge in [-0.3, -0.25) is 9.69 Å². The summed E-state index contributed by atoms with van der Waals surface area (Å²) < 4.78 is 16.1. The van der Waals surface area contributed by atoms with Crippen molar-refractivity contribution in [2.24, 2.45) is 0 Å². The van der Waals surface area contributed by atoms with Crippen molar-refractivity contribution in [2.45, 2.75) is 33.4 Å². The number of aromatic nitrogens is 1. The minimum Gasteiger partial charge on any atom is -0.497 e. The number of benzene rings is 2. The highest BCUT2D eigenvalue weighted by Crippen LogP contribution is 2.28. The molecule has 0 aliphatic heterocycles. The van der Waals surface area contributed by atoms with Crippen LogP contribution < -0.4 is 14.2 Å². The molecule has 3 rings (SSSR count). The van der Waals surface area contributed by atoms with Crippen molar-refractivity contribution in [3.8, 4) is 17.2 Å². The van der Waals surface area contributed by atoms with Gasteiger partial charge in [-0.25, -0.2) is 4.98 Å². The molecule has 2 aromatic carbocycles. The van der Waals surface area contributed by atoms with E-state index in [0.29, 0.717) is 25.3 Å². The third kappa shape index (κ3) is 7.19. The number of nitrogens with zero attached hydrogens (tertiary/aromatic N) is 3. The van der Waals surface area contributed by atoms with E-state index in [4.69, 9.17) is 14.2 Å². The first-order valence-electron chi connectivity index (χ1n) is 11.8. The van der Waals surface area contributed by atoms with E-state index in [2.05, 4.69) is 28.1 Å². The third-order valence-electron chi connectivity index (χ3n) is 5.91. The van der Waals surface area contributed by atoms with Gasteiger partial charge in [0.2, 0.25) is 0 Å². The van der Waals surface area contributed by atoms with Gasteiger partial charge in [-0.15, -0.1) is 11.3 Å². The first kappa shape index (κ1) is 26.5. The highest BCUT2D eigenvalue weighted by Gasteiger charge is 2.18. The van der Waals surface area contributed by atoms with Crippen molar-refractivity contribution < 1.29 is 19.0 Å². The van der Waals surface area contributed by atoms with Gasteiger partial charge in [-0.1, -0.05) is 18.2 Å². The predicted molar refractivity (Wildman–Crippen MR) is 140 cm³/mol. The van der Waals surface area contributed by atoms with Crippen LogP contribution in [0.15, 0.2) is 47.8 Å². The van der Waals surface area contributed by atoms with E-state index >= 15 is 0 Å². The minimum absolute atomic E-state index is 0.00969. The molecule has 0 saturated heterocycles. The molecule has 0 fully saturated rings. The second kappa shape index (κ2) is 13.1. The average molecular weight is 498 g/mol. The Kier molecular flexibility index (Phi) is 9.93. The smallest absolute Gasteiger partial charge is 0.273 e. The fourth-order valence-electron chi connectivity index (χ4n) is 3.87. The van der Waals surface area contributed by atoms with Crippen LogP contribution in [0.25, 0.3) is 0 Å². The normalized spacial score (nSPS) is 10.9. The molecule has 3 aromatic rings. The molecule has 0 saturated carbocycles. The molecule has 0 bridgehead atoms. The molecule has 0 atom stereocenters. The van der Waals surface area contributed by atoms with Crippen LogP contribution in [0, 0.1) is 0 Å². The van der Waals surface area contributed by atoms with Gasteiger partial charge in [0.15, 0.2) is 11.5 Å². The van der Waals surface area contributed by atoms with Crippen LogP contribution in [0.4, 0.5) is 0 Å². The molecular weight excluding hydrogens is 462 g/mol. The summed E-state index contributed by atoms with van der Waals surface area (Å²) >= 11 is 1.54. The highest BCUT2D eigenvalue weighted by atomic mass is 32.1. The molecular formula is C27H35N3O4S. The van der Waals surface area contributed by atoms with Crippen molar-refractivity contribution in [2.75, 3.05) is 41.0 Å². The average Bonchev–Trinajstić information content (AvgIpc) is 3.36. The highest BCUT2D eigenvalue weighted by molar-refractivity contribution is 7.09. The summed E-state index contributed by atoms with van der Waals surface area (Å²) in [6, 6.07) is 14.1. The molecule has 1 heterocycles. The first-order valence-corrected chi connectivity index (χ1v) is 12.7. The first-order chi connectivity index (χ1) is 17.0. The van der Waals surface area contributed by atoms with Crippen LogP contribution in [0.5, 0.6) is 17.2 Å². The summed E-state index contributed by atoms with van der Waals surface area (Å²) in [4.78, 5) is 21.5. The fraction of sp³-hybridized carbons (Fsp3) is 0.407. The zero-order chi connectivity index (χ0) is 25.2. The molecule has 0 radical (unpaired) electrons. The molecule has 0 spiro atoms. The maximum atomic E-state index is 12.7. The summed E-state index contributed by atoms with van der Waals surface area (Å²) in [7, 11) is 4.96. The Hall–Kier alpha value is -3.10. The van der Waals surface area contributed by atoms with Crippen LogP contribution in [-0.4, -0.2) is 61.7 Å². The number of carbonyl (C=O) groups is 1. The summed E-state index contributed by atoms with van der Waals surface area (Å²) in [5.41, 5.74) is 2.88. The Morgan fingerprint density at radius 2 is 1.57 bits per heavy atom. The van der Waals surface area contributed by atoms with Crippen LogP contribution in [0.1, 0.15) is 40.5 Å². The Morgan fingerprint density at radius 3 is 2.20 bits per heavy atom. The lowest BCUT2D eigenvalue weighted by atomic mass is 10.1. The largest absolute Gasteiger partial charge is 0.497 e. The van der Waals surface area contributed by atoms with Gasteiger partial charge >= 0.3 is 0 Å². The maximum absolute atomic E-state index is 12.7. The van der Waals surface area contributed by atoms with Crippen molar-refractivity contribution in [1.82, 2.24) is 14.8 Å². The van der Waals surface area contributed by atoms with Gasteiger partial charge in [0.05, 0.1) is 27.9 Å². The van der Waals surface area contributed by atoms with E-state index in [-0.39, 0.29) is 5.91 Å². The van der Waals surface area contributed by atoms with E-state index < -0.39 is 0 Å². The summed E-state index contributed by atoms with van der Waals surface area (Å²) in [5, 5.41) is 2.80. The third-order valence-corrected chi connectivity index (χ3v) is 6.74. The summed E-state index contributed by atoms with van der Waals surface area (Å²) in [6.07, 6.45) is 0.840. The standard InChI is InChI=1S/C27H35N3O4S/c1-6-30(7-2)27(31)23-19-35-26(28-23)18-29(17-21-8-11-22(32-3)12-9-21)15-14-20-10-13-24(33-4)25(16-20)34-5/h8-13,16,19H,6-7,14-15,17-18H2,1-5H3. The number of amides is 1. The van der Waals surface area contributed by atoms with Crippen LogP contribution in [0.2, 0.25) is 0 Å². The molecule has 188 valence electrons. The number of hydrogen-bond acceptors (Lipinski definition) is 7. The van der Waals surface area contributed by atoms with E-state index in [9.17, 15) is 4.79 Å². The minimum atomic E-state index is -0.00969. The molecule has 8 heteroatoms. The quantitative estimate of drug-likeness (QED) is 0.335. The van der Waals surface area contributed by atoms with Crippen LogP contribution >= 0.6 is 11.3 Å². The number of carbonyl (C=O) groups excluding carboxylic acids is 1. The van der Waals surface area contributed by atoms with Crippen molar-refractivity contribution in [1.29, 1.82) is 0 Å². The molecule has 0 aliphatic carbocycles. The number of ether oxygens (including phenoxy) is 3. The van der Waals surface area contributed by atoms with Gasteiger partial charge < -0.3 is 19.1 Å². The summed E-state index contributed by atoms with van der Waals surface area (Å²) in [6.45, 7) is 7.57. The van der Waals surface area contributed by atoms with Gasteiger partial charge in [0, 0.05) is 31.6 Å². The van der Waals surface area contributed by atoms with Crippen LogP contribution in [-0.2, 0) is 19.5 Å². The van der Waals surface area contributed by atoms with E-state index in [1.54, 1.807) is 26.2 Å². The number of hydrogen-bond donors (Lipinski definition) is 0. The predicted octanol–water partition coefficient (Wildman–Crippen LogP) is 4.90. The SMILES string of the molecule is CCN(CC)C(=O)c1csc(CN(CCc2ccc(OC)c(OC)c2)Cc2ccc(OC)cc2)n1. The molecule has 1 aromatic heterocycles. The zero-order valence-corrected chi connectivity index (χ0v) is 22.1.